The number of hydrogen-bond acceptors (Lipinski definition) is 2. The molecule has 4 rings (SSSR count). The number of aromatic amines is 1. The van der Waals surface area contributed by atoms with Crippen LogP contribution in [0, 0.1) is 19.7 Å². The molecule has 0 radical (unpaired) electrons. The van der Waals surface area contributed by atoms with Crippen molar-refractivity contribution in [1.82, 2.24) is 9.88 Å². The van der Waals surface area contributed by atoms with Gasteiger partial charge in [-0.15, -0.1) is 0 Å². The van der Waals surface area contributed by atoms with E-state index < -0.39 is 6.03 Å². The minimum absolute atomic E-state index is 0.0614. The van der Waals surface area contributed by atoms with E-state index in [1.165, 1.54) is 17.0 Å². The zero-order valence-electron chi connectivity index (χ0n) is 18.3. The molecule has 0 aliphatic rings. The third kappa shape index (κ3) is 5.07. The standard InChI is InChI=1S/C26H23ClFN3O2/c1-16-7-10-19-13-20(25(32)30-24(19)17(16)2)15-31(14-18-8-11-21(28)12-9-18)26(33)29-23-6-4-3-5-22(23)27/h3-13H,14-15H2,1-2H3,(H,29,33)(H,30,32). The summed E-state index contributed by atoms with van der Waals surface area (Å²) in [4.78, 5) is 30.5. The summed E-state index contributed by atoms with van der Waals surface area (Å²) in [5.41, 5.74) is 4.27. The molecule has 0 saturated heterocycles. The van der Waals surface area contributed by atoms with Crippen molar-refractivity contribution >= 4 is 34.2 Å². The SMILES string of the molecule is Cc1ccc2cc(CN(Cc3ccc(F)cc3)C(=O)Nc3ccccc3Cl)c(=O)[nH]c2c1C. The fourth-order valence-corrected chi connectivity index (χ4v) is 3.84. The van der Waals surface area contributed by atoms with E-state index in [-0.39, 0.29) is 24.5 Å². The number of hydrogen-bond donors (Lipinski definition) is 2. The van der Waals surface area contributed by atoms with Gasteiger partial charge in [-0.05, 0) is 66.3 Å². The van der Waals surface area contributed by atoms with Crippen molar-refractivity contribution in [1.29, 1.82) is 0 Å². The highest BCUT2D eigenvalue weighted by molar-refractivity contribution is 6.33. The largest absolute Gasteiger partial charge is 0.322 e. The number of benzene rings is 3. The molecule has 0 aliphatic heterocycles. The summed E-state index contributed by atoms with van der Waals surface area (Å²) >= 11 is 6.20. The van der Waals surface area contributed by atoms with Crippen LogP contribution in [0.25, 0.3) is 10.9 Å². The van der Waals surface area contributed by atoms with Crippen molar-refractivity contribution in [3.8, 4) is 0 Å². The minimum Gasteiger partial charge on any atom is -0.321 e. The van der Waals surface area contributed by atoms with Crippen LogP contribution in [0.15, 0.2) is 71.5 Å². The maximum atomic E-state index is 13.4. The van der Waals surface area contributed by atoms with Crippen LogP contribution in [-0.4, -0.2) is 15.9 Å². The zero-order valence-corrected chi connectivity index (χ0v) is 19.0. The van der Waals surface area contributed by atoms with Crippen LogP contribution in [0.4, 0.5) is 14.9 Å². The monoisotopic (exact) mass is 463 g/mol. The second-order valence-corrected chi connectivity index (χ2v) is 8.40. The minimum atomic E-state index is -0.424. The molecular formula is C26H23ClFN3O2. The zero-order chi connectivity index (χ0) is 23.5. The van der Waals surface area contributed by atoms with Crippen molar-refractivity contribution in [2.45, 2.75) is 26.9 Å². The van der Waals surface area contributed by atoms with Crippen molar-refractivity contribution in [3.63, 3.8) is 0 Å². The first-order valence-corrected chi connectivity index (χ1v) is 10.9. The molecule has 0 atom stereocenters. The molecule has 2 amide bonds. The summed E-state index contributed by atoms with van der Waals surface area (Å²) in [6.45, 7) is 4.20. The summed E-state index contributed by atoms with van der Waals surface area (Å²) in [7, 11) is 0. The van der Waals surface area contributed by atoms with Gasteiger partial charge in [0, 0.05) is 12.1 Å². The van der Waals surface area contributed by atoms with Gasteiger partial charge in [0.15, 0.2) is 0 Å². The molecule has 168 valence electrons. The maximum absolute atomic E-state index is 13.4. The highest BCUT2D eigenvalue weighted by atomic mass is 35.5. The Morgan fingerprint density at radius 3 is 2.48 bits per heavy atom. The first-order valence-electron chi connectivity index (χ1n) is 10.5. The van der Waals surface area contributed by atoms with Crippen molar-refractivity contribution in [2.24, 2.45) is 0 Å². The molecule has 3 aromatic carbocycles. The molecule has 33 heavy (non-hydrogen) atoms. The number of halogens is 2. The van der Waals surface area contributed by atoms with E-state index in [1.54, 1.807) is 42.5 Å². The van der Waals surface area contributed by atoms with Gasteiger partial charge in [0.2, 0.25) is 0 Å². The molecule has 7 heteroatoms. The van der Waals surface area contributed by atoms with E-state index in [1.807, 2.05) is 26.0 Å². The highest BCUT2D eigenvalue weighted by Gasteiger charge is 2.18. The maximum Gasteiger partial charge on any atom is 0.322 e. The molecule has 0 fully saturated rings. The number of aryl methyl sites for hydroxylation is 2. The van der Waals surface area contributed by atoms with Crippen LogP contribution < -0.4 is 10.9 Å². The van der Waals surface area contributed by atoms with Gasteiger partial charge < -0.3 is 15.2 Å². The van der Waals surface area contributed by atoms with Gasteiger partial charge in [0.1, 0.15) is 5.82 Å². The number of pyridine rings is 1. The number of H-pyrrole nitrogens is 1. The van der Waals surface area contributed by atoms with E-state index in [0.29, 0.717) is 16.3 Å². The number of urea groups is 1. The number of amides is 2. The Bertz CT molecular complexity index is 1380. The second-order valence-electron chi connectivity index (χ2n) is 7.99. The van der Waals surface area contributed by atoms with E-state index >= 15 is 0 Å². The Labute approximate surface area is 195 Å². The predicted molar refractivity (Wildman–Crippen MR) is 130 cm³/mol. The summed E-state index contributed by atoms with van der Waals surface area (Å²) < 4.78 is 13.4. The average Bonchev–Trinajstić information content (AvgIpc) is 2.80. The Hall–Kier alpha value is -3.64. The van der Waals surface area contributed by atoms with Gasteiger partial charge in [0.25, 0.3) is 5.56 Å². The molecule has 5 nitrogen and oxygen atoms in total. The fourth-order valence-electron chi connectivity index (χ4n) is 3.66. The molecular weight excluding hydrogens is 441 g/mol. The number of rotatable bonds is 5. The number of anilines is 1. The molecule has 0 saturated carbocycles. The number of nitrogens with zero attached hydrogens (tertiary/aromatic N) is 1. The van der Waals surface area contributed by atoms with Crippen LogP contribution in [0.2, 0.25) is 5.02 Å². The molecule has 1 aromatic heterocycles. The summed E-state index contributed by atoms with van der Waals surface area (Å²) in [5, 5.41) is 4.10. The molecule has 2 N–H and O–H groups in total. The first kappa shape index (κ1) is 22.6. The van der Waals surface area contributed by atoms with Gasteiger partial charge in [-0.2, -0.15) is 0 Å². The van der Waals surface area contributed by atoms with Crippen LogP contribution in [0.1, 0.15) is 22.3 Å². The lowest BCUT2D eigenvalue weighted by Crippen LogP contribution is -2.35. The summed E-state index contributed by atoms with van der Waals surface area (Å²) in [6.07, 6.45) is 0. The van der Waals surface area contributed by atoms with Crippen molar-refractivity contribution < 1.29 is 9.18 Å². The predicted octanol–water partition coefficient (Wildman–Crippen LogP) is 6.17. The fraction of sp³-hybridized carbons (Fsp3) is 0.154. The van der Waals surface area contributed by atoms with Gasteiger partial charge in [-0.3, -0.25) is 4.79 Å². The van der Waals surface area contributed by atoms with Gasteiger partial charge in [0.05, 0.1) is 22.8 Å². The quantitative estimate of drug-likeness (QED) is 0.371. The second kappa shape index (κ2) is 9.46. The Morgan fingerprint density at radius 1 is 1.03 bits per heavy atom. The third-order valence-electron chi connectivity index (χ3n) is 5.68. The van der Waals surface area contributed by atoms with Crippen LogP contribution in [-0.2, 0) is 13.1 Å². The van der Waals surface area contributed by atoms with Gasteiger partial charge in [-0.1, -0.05) is 48.0 Å². The van der Waals surface area contributed by atoms with Crippen LogP contribution in [0.3, 0.4) is 0 Å². The molecule has 4 aromatic rings. The molecule has 0 spiro atoms. The summed E-state index contributed by atoms with van der Waals surface area (Å²) in [6, 6.07) is 18.2. The lowest BCUT2D eigenvalue weighted by Gasteiger charge is -2.24. The van der Waals surface area contributed by atoms with E-state index in [2.05, 4.69) is 10.3 Å². The number of para-hydroxylation sites is 1. The normalized spacial score (nSPS) is 10.9. The van der Waals surface area contributed by atoms with Crippen molar-refractivity contribution in [2.75, 3.05) is 5.32 Å². The van der Waals surface area contributed by atoms with Gasteiger partial charge in [-0.25, -0.2) is 9.18 Å². The molecule has 0 bridgehead atoms. The third-order valence-corrected chi connectivity index (χ3v) is 6.01. The summed E-state index contributed by atoms with van der Waals surface area (Å²) in [5.74, 6) is -0.359. The van der Waals surface area contributed by atoms with Crippen LogP contribution in [0.5, 0.6) is 0 Å². The highest BCUT2D eigenvalue weighted by Crippen LogP contribution is 2.23. The number of fused-ring (bicyclic) bond motifs is 1. The number of carbonyl (C=O) groups excluding carboxylic acids is 1. The van der Waals surface area contributed by atoms with Crippen molar-refractivity contribution in [3.05, 3.63) is 110 Å². The lowest BCUT2D eigenvalue weighted by molar-refractivity contribution is 0.206. The van der Waals surface area contributed by atoms with E-state index in [9.17, 15) is 14.0 Å². The first-order chi connectivity index (χ1) is 15.8. The molecule has 0 unspecified atom stereocenters. The Kier molecular flexibility index (Phi) is 6.47. The number of nitrogens with one attached hydrogen (secondary N) is 2. The van der Waals surface area contributed by atoms with E-state index in [0.717, 1.165) is 27.6 Å². The Morgan fingerprint density at radius 2 is 1.76 bits per heavy atom. The molecule has 0 aliphatic carbocycles. The lowest BCUT2D eigenvalue weighted by atomic mass is 10.0. The molecule has 1 heterocycles. The average molecular weight is 464 g/mol. The smallest absolute Gasteiger partial charge is 0.321 e. The van der Waals surface area contributed by atoms with Gasteiger partial charge >= 0.3 is 6.03 Å². The topological polar surface area (TPSA) is 65.2 Å². The number of aromatic nitrogens is 1. The Balaban J connectivity index is 1.68. The number of carbonyl (C=O) groups is 1. The van der Waals surface area contributed by atoms with Crippen LogP contribution >= 0.6 is 11.6 Å². The van der Waals surface area contributed by atoms with E-state index in [4.69, 9.17) is 11.6 Å².